The zero-order valence-electron chi connectivity index (χ0n) is 13.7. The number of nitrogens with zero attached hydrogens (tertiary/aromatic N) is 1. The van der Waals surface area contributed by atoms with Crippen molar-refractivity contribution in [2.45, 2.75) is 64.0 Å². The van der Waals surface area contributed by atoms with E-state index in [1.807, 2.05) is 0 Å². The molecule has 1 aliphatic heterocycles. The van der Waals surface area contributed by atoms with Gasteiger partial charge in [-0.3, -0.25) is 0 Å². The summed E-state index contributed by atoms with van der Waals surface area (Å²) in [6.45, 7) is 7.64. The number of hydrogen-bond donors (Lipinski definition) is 2. The van der Waals surface area contributed by atoms with Crippen molar-refractivity contribution >= 4 is 0 Å². The molecule has 0 radical (unpaired) electrons. The number of aliphatic hydroxyl groups excluding tert-OH is 1. The second kappa shape index (κ2) is 9.78. The Kier molecular flexibility index (Phi) is 8.01. The molecule has 0 bridgehead atoms. The van der Waals surface area contributed by atoms with E-state index < -0.39 is 0 Å². The molecule has 2 N–H and O–H groups in total. The smallest absolute Gasteiger partial charge is 0.0701 e. The molecule has 0 aromatic heterocycles. The normalized spacial score (nSPS) is 28.9. The van der Waals surface area contributed by atoms with Crippen LogP contribution in [0.25, 0.3) is 0 Å². The minimum Gasteiger partial charge on any atom is -0.394 e. The van der Waals surface area contributed by atoms with Gasteiger partial charge in [0.05, 0.1) is 19.3 Å². The predicted octanol–water partition coefficient (Wildman–Crippen LogP) is 2.02. The van der Waals surface area contributed by atoms with Crippen LogP contribution in [-0.2, 0) is 4.74 Å². The van der Waals surface area contributed by atoms with Gasteiger partial charge >= 0.3 is 0 Å². The van der Waals surface area contributed by atoms with Crippen molar-refractivity contribution in [3.8, 4) is 0 Å². The maximum atomic E-state index is 8.82. The first kappa shape index (κ1) is 17.2. The fourth-order valence-electron chi connectivity index (χ4n) is 3.83. The Morgan fingerprint density at radius 3 is 2.62 bits per heavy atom. The molecule has 2 unspecified atom stereocenters. The highest BCUT2D eigenvalue weighted by molar-refractivity contribution is 4.84. The maximum absolute atomic E-state index is 8.82. The van der Waals surface area contributed by atoms with Crippen molar-refractivity contribution in [1.82, 2.24) is 10.2 Å². The molecule has 124 valence electrons. The van der Waals surface area contributed by atoms with Gasteiger partial charge in [0.2, 0.25) is 0 Å². The minimum absolute atomic E-state index is 0.146. The number of aliphatic hydroxyl groups is 1. The van der Waals surface area contributed by atoms with Crippen LogP contribution in [-0.4, -0.2) is 61.5 Å². The Balaban J connectivity index is 1.70. The van der Waals surface area contributed by atoms with Gasteiger partial charge in [0.15, 0.2) is 0 Å². The Morgan fingerprint density at radius 2 is 1.90 bits per heavy atom. The molecule has 1 aliphatic carbocycles. The van der Waals surface area contributed by atoms with Gasteiger partial charge in [-0.25, -0.2) is 0 Å². The van der Waals surface area contributed by atoms with Crippen molar-refractivity contribution in [2.75, 3.05) is 39.4 Å². The third kappa shape index (κ3) is 5.85. The summed E-state index contributed by atoms with van der Waals surface area (Å²) >= 11 is 0. The van der Waals surface area contributed by atoms with Gasteiger partial charge in [0.1, 0.15) is 0 Å². The van der Waals surface area contributed by atoms with Crippen LogP contribution in [0.2, 0.25) is 0 Å². The molecule has 2 fully saturated rings. The fraction of sp³-hybridized carbons (Fsp3) is 1.00. The monoisotopic (exact) mass is 298 g/mol. The highest BCUT2D eigenvalue weighted by Crippen LogP contribution is 2.26. The maximum Gasteiger partial charge on any atom is 0.0701 e. The Morgan fingerprint density at radius 1 is 1.14 bits per heavy atom. The largest absolute Gasteiger partial charge is 0.394 e. The quantitative estimate of drug-likeness (QED) is 0.719. The lowest BCUT2D eigenvalue weighted by Gasteiger charge is -2.39. The first-order chi connectivity index (χ1) is 10.3. The summed E-state index contributed by atoms with van der Waals surface area (Å²) in [5, 5.41) is 12.6. The molecule has 4 heteroatoms. The predicted molar refractivity (Wildman–Crippen MR) is 86.5 cm³/mol. The van der Waals surface area contributed by atoms with Gasteiger partial charge in [0, 0.05) is 25.7 Å². The summed E-state index contributed by atoms with van der Waals surface area (Å²) in [6.07, 6.45) is 9.41. The number of rotatable bonds is 8. The molecule has 0 amide bonds. The molecule has 2 aliphatic rings. The van der Waals surface area contributed by atoms with E-state index in [9.17, 15) is 0 Å². The van der Waals surface area contributed by atoms with Crippen LogP contribution in [0.3, 0.4) is 0 Å². The van der Waals surface area contributed by atoms with E-state index in [1.54, 1.807) is 0 Å². The first-order valence-electron chi connectivity index (χ1n) is 9.01. The van der Waals surface area contributed by atoms with E-state index in [2.05, 4.69) is 17.1 Å². The zero-order chi connectivity index (χ0) is 14.9. The van der Waals surface area contributed by atoms with Crippen molar-refractivity contribution in [3.05, 3.63) is 0 Å². The third-order valence-corrected chi connectivity index (χ3v) is 5.04. The van der Waals surface area contributed by atoms with E-state index in [1.165, 1.54) is 38.6 Å². The molecule has 0 aromatic carbocycles. The van der Waals surface area contributed by atoms with E-state index in [0.29, 0.717) is 12.7 Å². The summed E-state index contributed by atoms with van der Waals surface area (Å²) in [4.78, 5) is 2.63. The fourth-order valence-corrected chi connectivity index (χ4v) is 3.83. The minimum atomic E-state index is 0.146. The van der Waals surface area contributed by atoms with Gasteiger partial charge < -0.3 is 20.1 Å². The highest BCUT2D eigenvalue weighted by Gasteiger charge is 2.28. The summed E-state index contributed by atoms with van der Waals surface area (Å²) in [6, 6.07) is 0.738. The average molecular weight is 298 g/mol. The number of piperidine rings is 1. The number of hydrogen-bond acceptors (Lipinski definition) is 4. The standard InChI is InChI=1S/C17H34N2O2/c1-2-9-18-17-6-4-3-5-15(17)14-19-10-7-16(8-11-19)21-13-12-20/h15-18,20H,2-14H2,1H3. The summed E-state index contributed by atoms with van der Waals surface area (Å²) in [7, 11) is 0. The van der Waals surface area contributed by atoms with Crippen LogP contribution in [0.5, 0.6) is 0 Å². The van der Waals surface area contributed by atoms with Crippen LogP contribution in [0, 0.1) is 5.92 Å². The molecular weight excluding hydrogens is 264 g/mol. The summed E-state index contributed by atoms with van der Waals surface area (Å²) in [5.74, 6) is 0.834. The number of likely N-dealkylation sites (tertiary alicyclic amines) is 1. The topological polar surface area (TPSA) is 44.7 Å². The first-order valence-corrected chi connectivity index (χ1v) is 9.01. The summed E-state index contributed by atoms with van der Waals surface area (Å²) in [5.41, 5.74) is 0. The number of nitrogens with one attached hydrogen (secondary N) is 1. The van der Waals surface area contributed by atoms with E-state index in [4.69, 9.17) is 9.84 Å². The lowest BCUT2D eigenvalue weighted by atomic mass is 9.83. The molecule has 1 saturated heterocycles. The molecule has 1 saturated carbocycles. The van der Waals surface area contributed by atoms with Crippen molar-refractivity contribution in [1.29, 1.82) is 0 Å². The second-order valence-electron chi connectivity index (χ2n) is 6.70. The number of ether oxygens (including phenoxy) is 1. The molecule has 2 atom stereocenters. The molecule has 4 nitrogen and oxygen atoms in total. The average Bonchev–Trinajstić information content (AvgIpc) is 2.53. The van der Waals surface area contributed by atoms with Gasteiger partial charge in [-0.05, 0) is 44.6 Å². The molecule has 0 spiro atoms. The van der Waals surface area contributed by atoms with Crippen molar-refractivity contribution in [2.24, 2.45) is 5.92 Å². The molecule has 1 heterocycles. The van der Waals surface area contributed by atoms with Crippen LogP contribution >= 0.6 is 0 Å². The molecule has 0 aromatic rings. The molecular formula is C17H34N2O2. The van der Waals surface area contributed by atoms with Crippen LogP contribution < -0.4 is 5.32 Å². The lowest BCUT2D eigenvalue weighted by molar-refractivity contribution is -0.0117. The lowest BCUT2D eigenvalue weighted by Crippen LogP contribution is -2.47. The molecule has 21 heavy (non-hydrogen) atoms. The third-order valence-electron chi connectivity index (χ3n) is 5.04. The van der Waals surface area contributed by atoms with Crippen LogP contribution in [0.4, 0.5) is 0 Å². The van der Waals surface area contributed by atoms with Gasteiger partial charge in [0.25, 0.3) is 0 Å². The van der Waals surface area contributed by atoms with Gasteiger partial charge in [-0.2, -0.15) is 0 Å². The summed E-state index contributed by atoms with van der Waals surface area (Å²) < 4.78 is 5.66. The van der Waals surface area contributed by atoms with Crippen LogP contribution in [0.1, 0.15) is 51.9 Å². The highest BCUT2D eigenvalue weighted by atomic mass is 16.5. The van der Waals surface area contributed by atoms with E-state index in [-0.39, 0.29) is 6.61 Å². The Hall–Kier alpha value is -0.160. The van der Waals surface area contributed by atoms with Crippen LogP contribution in [0.15, 0.2) is 0 Å². The second-order valence-corrected chi connectivity index (χ2v) is 6.70. The Bertz CT molecular complexity index is 268. The van der Waals surface area contributed by atoms with Gasteiger partial charge in [-0.15, -0.1) is 0 Å². The zero-order valence-corrected chi connectivity index (χ0v) is 13.7. The van der Waals surface area contributed by atoms with Crippen molar-refractivity contribution in [3.63, 3.8) is 0 Å². The van der Waals surface area contributed by atoms with Gasteiger partial charge in [-0.1, -0.05) is 19.8 Å². The Labute approximate surface area is 130 Å². The van der Waals surface area contributed by atoms with E-state index >= 15 is 0 Å². The van der Waals surface area contributed by atoms with E-state index in [0.717, 1.165) is 44.4 Å². The SMILES string of the molecule is CCCNC1CCCCC1CN1CCC(OCCO)CC1. The van der Waals surface area contributed by atoms with Crippen molar-refractivity contribution < 1.29 is 9.84 Å². The molecule has 2 rings (SSSR count).